The van der Waals surface area contributed by atoms with Gasteiger partial charge in [-0.05, 0) is 85.7 Å². The molecule has 0 aliphatic carbocycles. The molecule has 42 heavy (non-hydrogen) atoms. The molecule has 0 radical (unpaired) electrons. The lowest BCUT2D eigenvalue weighted by atomic mass is 9.89. The van der Waals surface area contributed by atoms with E-state index < -0.39 is 17.6 Å². The van der Waals surface area contributed by atoms with E-state index in [1.165, 1.54) is 24.3 Å². The fourth-order valence-corrected chi connectivity index (χ4v) is 5.86. The van der Waals surface area contributed by atoms with Crippen molar-refractivity contribution in [3.05, 3.63) is 89.2 Å². The minimum absolute atomic E-state index is 0.0405. The van der Waals surface area contributed by atoms with Gasteiger partial charge in [0.2, 0.25) is 23.6 Å². The number of aryl methyl sites for hydroxylation is 2. The smallest absolute Gasteiger partial charge is 0.233 e. The average Bonchev–Trinajstić information content (AvgIpc) is 3.36. The molecule has 5 rings (SSSR count). The molecule has 8 nitrogen and oxygen atoms in total. The van der Waals surface area contributed by atoms with E-state index >= 15 is 0 Å². The first-order valence-electron chi connectivity index (χ1n) is 14.3. The highest BCUT2D eigenvalue weighted by atomic mass is 19.1. The Morgan fingerprint density at radius 1 is 0.857 bits per heavy atom. The zero-order valence-corrected chi connectivity index (χ0v) is 23.9. The molecule has 0 saturated carbocycles. The van der Waals surface area contributed by atoms with Gasteiger partial charge in [0.05, 0.1) is 5.92 Å². The largest absolute Gasteiger partial charge is 0.342 e. The average molecular weight is 571 g/mol. The molecule has 2 aliphatic heterocycles. The summed E-state index contributed by atoms with van der Waals surface area (Å²) in [4.78, 5) is 54.1. The molecule has 2 heterocycles. The van der Waals surface area contributed by atoms with Gasteiger partial charge in [-0.25, -0.2) is 4.39 Å². The van der Waals surface area contributed by atoms with E-state index in [0.717, 1.165) is 35.2 Å². The van der Waals surface area contributed by atoms with Crippen molar-refractivity contribution in [2.75, 3.05) is 35.2 Å². The number of nitrogens with zero attached hydrogens (tertiary/aromatic N) is 2. The predicted molar refractivity (Wildman–Crippen MR) is 160 cm³/mol. The Morgan fingerprint density at radius 2 is 1.45 bits per heavy atom. The number of anilines is 3. The molecule has 4 amide bonds. The zero-order valence-electron chi connectivity index (χ0n) is 23.9. The van der Waals surface area contributed by atoms with Gasteiger partial charge in [-0.2, -0.15) is 0 Å². The summed E-state index contributed by atoms with van der Waals surface area (Å²) in [7, 11) is 0. The highest BCUT2D eigenvalue weighted by Gasteiger charge is 2.36. The van der Waals surface area contributed by atoms with E-state index in [0.29, 0.717) is 31.0 Å². The van der Waals surface area contributed by atoms with Crippen LogP contribution in [0, 0.1) is 25.6 Å². The summed E-state index contributed by atoms with van der Waals surface area (Å²) in [5.41, 5.74) is 5.18. The minimum Gasteiger partial charge on any atom is -0.342 e. The molecular formula is C33H35FN4O4. The van der Waals surface area contributed by atoms with Gasteiger partial charge in [0, 0.05) is 43.1 Å². The van der Waals surface area contributed by atoms with Gasteiger partial charge in [-0.15, -0.1) is 0 Å². The number of piperidine rings is 1. The molecule has 0 spiro atoms. The fraction of sp³-hybridized carbons (Fsp3) is 0.333. The summed E-state index contributed by atoms with van der Waals surface area (Å²) >= 11 is 0. The van der Waals surface area contributed by atoms with Crippen LogP contribution in [-0.2, 0) is 19.2 Å². The van der Waals surface area contributed by atoms with E-state index in [-0.39, 0.29) is 36.5 Å². The number of likely N-dealkylation sites (tertiary alicyclic amines) is 1. The maximum atomic E-state index is 13.1. The number of carbonyl (C=O) groups is 4. The molecule has 9 heteroatoms. The van der Waals surface area contributed by atoms with Crippen LogP contribution in [0.3, 0.4) is 0 Å². The van der Waals surface area contributed by atoms with Gasteiger partial charge in [0.25, 0.3) is 0 Å². The van der Waals surface area contributed by atoms with Crippen LogP contribution in [0.2, 0.25) is 0 Å². The summed E-state index contributed by atoms with van der Waals surface area (Å²) in [5, 5.41) is 5.59. The number of para-hydroxylation sites is 1. The molecule has 0 bridgehead atoms. The predicted octanol–water partition coefficient (Wildman–Crippen LogP) is 5.17. The number of hydrogen-bond acceptors (Lipinski definition) is 4. The molecule has 2 saturated heterocycles. The SMILES string of the molecule is Cc1cccc(C)c1N1CC(C(=O)Nc2ccc(C3CCN(C(=O)CC(=O)Nc4ccc(F)cc4)CC3)cc2)CC1=O. The lowest BCUT2D eigenvalue weighted by molar-refractivity contribution is -0.135. The first-order chi connectivity index (χ1) is 20.2. The van der Waals surface area contributed by atoms with Gasteiger partial charge < -0.3 is 20.4 Å². The van der Waals surface area contributed by atoms with Crippen LogP contribution in [0.1, 0.15) is 48.3 Å². The van der Waals surface area contributed by atoms with E-state index in [1.54, 1.807) is 9.80 Å². The second-order valence-corrected chi connectivity index (χ2v) is 11.1. The van der Waals surface area contributed by atoms with E-state index in [2.05, 4.69) is 10.6 Å². The van der Waals surface area contributed by atoms with Crippen molar-refractivity contribution in [1.29, 1.82) is 0 Å². The van der Waals surface area contributed by atoms with Crippen molar-refractivity contribution in [3.8, 4) is 0 Å². The van der Waals surface area contributed by atoms with Crippen molar-refractivity contribution in [2.45, 2.75) is 45.4 Å². The zero-order chi connectivity index (χ0) is 29.8. The Kier molecular flexibility index (Phi) is 8.66. The highest BCUT2D eigenvalue weighted by molar-refractivity contribution is 6.04. The minimum atomic E-state index is -0.425. The molecule has 218 valence electrons. The maximum absolute atomic E-state index is 13.1. The Bertz CT molecular complexity index is 1460. The molecule has 1 unspecified atom stereocenters. The van der Waals surface area contributed by atoms with Crippen molar-refractivity contribution < 1.29 is 23.6 Å². The molecule has 0 aromatic heterocycles. The number of rotatable bonds is 7. The van der Waals surface area contributed by atoms with Crippen molar-refractivity contribution in [2.24, 2.45) is 5.92 Å². The number of benzene rings is 3. The fourth-order valence-electron chi connectivity index (χ4n) is 5.86. The first kappa shape index (κ1) is 29.0. The Morgan fingerprint density at radius 3 is 2.10 bits per heavy atom. The standard InChI is InChI=1S/C33H35FN4O4/c1-21-4-3-5-22(2)32(21)38-20-25(18-31(38)41)33(42)36-28-10-6-23(7-11-28)24-14-16-37(17-15-24)30(40)19-29(39)35-27-12-8-26(34)9-13-27/h3-13,24-25H,14-20H2,1-2H3,(H,35,39)(H,36,42). The lowest BCUT2D eigenvalue weighted by Gasteiger charge is -2.32. The summed E-state index contributed by atoms with van der Waals surface area (Å²) < 4.78 is 13.1. The number of halogens is 1. The maximum Gasteiger partial charge on any atom is 0.233 e. The number of amides is 4. The van der Waals surface area contributed by atoms with Crippen LogP contribution in [0.4, 0.5) is 21.5 Å². The Hall–Kier alpha value is -4.53. The van der Waals surface area contributed by atoms with Gasteiger partial charge >= 0.3 is 0 Å². The van der Waals surface area contributed by atoms with Crippen LogP contribution >= 0.6 is 0 Å². The van der Waals surface area contributed by atoms with Crippen molar-refractivity contribution in [1.82, 2.24) is 4.90 Å². The summed E-state index contributed by atoms with van der Waals surface area (Å²) in [6.45, 7) is 5.42. The molecule has 2 N–H and O–H groups in total. The molecule has 3 aromatic rings. The van der Waals surface area contributed by atoms with Crippen LogP contribution in [0.25, 0.3) is 0 Å². The Balaban J connectivity index is 1.09. The number of nitrogens with one attached hydrogen (secondary N) is 2. The van der Waals surface area contributed by atoms with E-state index in [9.17, 15) is 23.6 Å². The summed E-state index contributed by atoms with van der Waals surface area (Å²) in [6.07, 6.45) is 1.47. The van der Waals surface area contributed by atoms with Gasteiger partial charge in [-0.1, -0.05) is 30.3 Å². The molecular weight excluding hydrogens is 535 g/mol. The second-order valence-electron chi connectivity index (χ2n) is 11.1. The van der Waals surface area contributed by atoms with Crippen LogP contribution < -0.4 is 15.5 Å². The topological polar surface area (TPSA) is 98.8 Å². The Labute approximate surface area is 244 Å². The van der Waals surface area contributed by atoms with Crippen molar-refractivity contribution >= 4 is 40.7 Å². The normalized spacial score (nSPS) is 17.3. The quantitative estimate of drug-likeness (QED) is 0.383. The van der Waals surface area contributed by atoms with Crippen LogP contribution in [-0.4, -0.2) is 48.2 Å². The third kappa shape index (κ3) is 6.67. The van der Waals surface area contributed by atoms with Crippen LogP contribution in [0.5, 0.6) is 0 Å². The van der Waals surface area contributed by atoms with Gasteiger partial charge in [0.1, 0.15) is 12.2 Å². The van der Waals surface area contributed by atoms with Crippen molar-refractivity contribution in [3.63, 3.8) is 0 Å². The molecule has 1 atom stereocenters. The summed E-state index contributed by atoms with van der Waals surface area (Å²) in [6, 6.07) is 19.1. The first-order valence-corrected chi connectivity index (χ1v) is 14.3. The number of carbonyl (C=O) groups excluding carboxylic acids is 4. The lowest BCUT2D eigenvalue weighted by Crippen LogP contribution is -2.39. The van der Waals surface area contributed by atoms with Gasteiger partial charge in [-0.3, -0.25) is 19.2 Å². The van der Waals surface area contributed by atoms with Crippen LogP contribution in [0.15, 0.2) is 66.7 Å². The monoisotopic (exact) mass is 570 g/mol. The molecule has 2 aliphatic rings. The summed E-state index contributed by atoms with van der Waals surface area (Å²) in [5.74, 6) is -1.41. The third-order valence-electron chi connectivity index (χ3n) is 8.14. The highest BCUT2D eigenvalue weighted by Crippen LogP contribution is 2.32. The molecule has 2 fully saturated rings. The molecule has 3 aromatic carbocycles. The number of hydrogen-bond donors (Lipinski definition) is 2. The van der Waals surface area contributed by atoms with E-state index in [4.69, 9.17) is 0 Å². The van der Waals surface area contributed by atoms with Gasteiger partial charge in [0.15, 0.2) is 0 Å². The third-order valence-corrected chi connectivity index (χ3v) is 8.14. The second kappa shape index (κ2) is 12.5. The van der Waals surface area contributed by atoms with E-state index in [1.807, 2.05) is 56.3 Å².